The van der Waals surface area contributed by atoms with Crippen molar-refractivity contribution in [2.75, 3.05) is 0 Å². The third-order valence-electron chi connectivity index (χ3n) is 4.03. The highest BCUT2D eigenvalue weighted by Gasteiger charge is 2.35. The Balaban J connectivity index is 2.24. The lowest BCUT2D eigenvalue weighted by molar-refractivity contribution is -0.137. The minimum atomic E-state index is -4.54. The van der Waals surface area contributed by atoms with E-state index >= 15 is 0 Å². The van der Waals surface area contributed by atoms with Crippen molar-refractivity contribution >= 4 is 17.1 Å². The molecule has 0 heterocycles. The van der Waals surface area contributed by atoms with Crippen molar-refractivity contribution < 1.29 is 22.8 Å². The molecule has 2 aromatic carbocycles. The molecule has 1 aliphatic rings. The molecule has 134 valence electrons. The lowest BCUT2D eigenvalue weighted by atomic mass is 9.83. The maximum Gasteiger partial charge on any atom is 0.416 e. The highest BCUT2D eigenvalue weighted by molar-refractivity contribution is 6.40. The van der Waals surface area contributed by atoms with Gasteiger partial charge in [-0.1, -0.05) is 36.4 Å². The molecule has 0 amide bonds. The van der Waals surface area contributed by atoms with E-state index in [4.69, 9.17) is 0 Å². The van der Waals surface area contributed by atoms with Crippen LogP contribution in [0.2, 0.25) is 0 Å². The molecule has 0 atom stereocenters. The Bertz CT molecular complexity index is 927. The predicted octanol–water partition coefficient (Wildman–Crippen LogP) is 4.49. The molecular formula is C20H16F3NO2. The smallest absolute Gasteiger partial charge is 0.379 e. The van der Waals surface area contributed by atoms with Crippen molar-refractivity contribution in [1.82, 2.24) is 5.32 Å². The summed E-state index contributed by atoms with van der Waals surface area (Å²) in [7, 11) is 0. The van der Waals surface area contributed by atoms with E-state index in [9.17, 15) is 22.8 Å². The van der Waals surface area contributed by atoms with Crippen LogP contribution in [0.25, 0.3) is 5.57 Å². The summed E-state index contributed by atoms with van der Waals surface area (Å²) in [6.45, 7) is 3.57. The van der Waals surface area contributed by atoms with Crippen LogP contribution >= 0.6 is 0 Å². The van der Waals surface area contributed by atoms with Crippen LogP contribution < -0.4 is 5.32 Å². The number of hydrogen-bond acceptors (Lipinski definition) is 3. The van der Waals surface area contributed by atoms with Crippen LogP contribution in [0.4, 0.5) is 13.2 Å². The maximum absolute atomic E-state index is 13.1. The Morgan fingerprint density at radius 2 is 1.50 bits per heavy atom. The van der Waals surface area contributed by atoms with Crippen LogP contribution in [0.3, 0.4) is 0 Å². The first-order valence-corrected chi connectivity index (χ1v) is 8.07. The summed E-state index contributed by atoms with van der Waals surface area (Å²) in [4.78, 5) is 25.9. The first-order chi connectivity index (χ1) is 12.2. The molecule has 0 bridgehead atoms. The molecule has 0 aliphatic heterocycles. The zero-order chi connectivity index (χ0) is 19.1. The summed E-state index contributed by atoms with van der Waals surface area (Å²) in [5.74, 6) is -0.871. The SMILES string of the molecule is CC(C)NC1=C(c2cccc(C(F)(F)F)c2)C(=O)c2ccccc2C1=O. The van der Waals surface area contributed by atoms with E-state index in [-0.39, 0.29) is 34.0 Å². The fourth-order valence-corrected chi connectivity index (χ4v) is 2.93. The Morgan fingerprint density at radius 3 is 2.08 bits per heavy atom. The van der Waals surface area contributed by atoms with Crippen LogP contribution in [-0.2, 0) is 6.18 Å². The summed E-state index contributed by atoms with van der Waals surface area (Å²) in [6.07, 6.45) is -4.54. The highest BCUT2D eigenvalue weighted by Crippen LogP contribution is 2.35. The molecule has 26 heavy (non-hydrogen) atoms. The van der Waals surface area contributed by atoms with Crippen LogP contribution in [0.1, 0.15) is 45.7 Å². The molecule has 0 aromatic heterocycles. The first kappa shape index (κ1) is 17.9. The molecule has 0 spiro atoms. The zero-order valence-electron chi connectivity index (χ0n) is 14.1. The predicted molar refractivity (Wildman–Crippen MR) is 91.7 cm³/mol. The van der Waals surface area contributed by atoms with Gasteiger partial charge < -0.3 is 5.32 Å². The summed E-state index contributed by atoms with van der Waals surface area (Å²) in [6, 6.07) is 10.6. The molecule has 0 saturated heterocycles. The molecule has 3 rings (SSSR count). The monoisotopic (exact) mass is 359 g/mol. The minimum Gasteiger partial charge on any atom is -0.379 e. The van der Waals surface area contributed by atoms with Gasteiger partial charge >= 0.3 is 6.18 Å². The van der Waals surface area contributed by atoms with Crippen LogP contribution in [-0.4, -0.2) is 17.6 Å². The normalized spacial score (nSPS) is 14.7. The van der Waals surface area contributed by atoms with E-state index in [1.807, 2.05) is 0 Å². The van der Waals surface area contributed by atoms with Gasteiger partial charge in [-0.25, -0.2) is 0 Å². The van der Waals surface area contributed by atoms with E-state index < -0.39 is 23.3 Å². The molecule has 1 N–H and O–H groups in total. The third kappa shape index (κ3) is 3.14. The second kappa shape index (κ2) is 6.44. The molecule has 0 saturated carbocycles. The van der Waals surface area contributed by atoms with Gasteiger partial charge in [-0.05, 0) is 31.5 Å². The van der Waals surface area contributed by atoms with Crippen molar-refractivity contribution in [2.24, 2.45) is 0 Å². The van der Waals surface area contributed by atoms with Crippen LogP contribution in [0.15, 0.2) is 54.2 Å². The molecule has 6 heteroatoms. The van der Waals surface area contributed by atoms with Gasteiger partial charge in [-0.15, -0.1) is 0 Å². The largest absolute Gasteiger partial charge is 0.416 e. The molecule has 2 aromatic rings. The molecule has 0 unspecified atom stereocenters. The standard InChI is InChI=1S/C20H16F3NO2/c1-11(2)24-17-16(12-6-5-7-13(10-12)20(21,22)23)18(25)14-8-3-4-9-15(14)19(17)26/h3-11,24H,1-2H3. The van der Waals surface area contributed by atoms with Gasteiger partial charge in [0.1, 0.15) is 0 Å². The number of fused-ring (bicyclic) bond motifs is 1. The lowest BCUT2D eigenvalue weighted by Crippen LogP contribution is -2.33. The number of benzene rings is 2. The lowest BCUT2D eigenvalue weighted by Gasteiger charge is -2.24. The Kier molecular flexibility index (Phi) is 4.44. The number of hydrogen-bond donors (Lipinski definition) is 1. The summed E-state index contributed by atoms with van der Waals surface area (Å²) < 4.78 is 39.2. The number of carbonyl (C=O) groups is 2. The second-order valence-corrected chi connectivity index (χ2v) is 6.33. The topological polar surface area (TPSA) is 46.2 Å². The van der Waals surface area contributed by atoms with E-state index in [1.165, 1.54) is 18.2 Å². The summed E-state index contributed by atoms with van der Waals surface area (Å²) >= 11 is 0. The second-order valence-electron chi connectivity index (χ2n) is 6.33. The first-order valence-electron chi connectivity index (χ1n) is 8.07. The summed E-state index contributed by atoms with van der Waals surface area (Å²) in [5.41, 5.74) is -0.367. The van der Waals surface area contributed by atoms with Crippen molar-refractivity contribution in [3.05, 3.63) is 76.5 Å². The Labute approximate surface area is 148 Å². The number of carbonyl (C=O) groups excluding carboxylic acids is 2. The number of alkyl halides is 3. The quantitative estimate of drug-likeness (QED) is 0.878. The fourth-order valence-electron chi connectivity index (χ4n) is 2.93. The van der Waals surface area contributed by atoms with Gasteiger partial charge in [0.15, 0.2) is 5.78 Å². The van der Waals surface area contributed by atoms with Gasteiger partial charge in [0.05, 0.1) is 16.8 Å². The molecule has 1 aliphatic carbocycles. The number of Topliss-reactive ketones (excluding diaryl/α,β-unsaturated/α-hetero) is 2. The molecular weight excluding hydrogens is 343 g/mol. The number of ketones is 2. The van der Waals surface area contributed by atoms with E-state index in [1.54, 1.807) is 32.0 Å². The molecule has 3 nitrogen and oxygen atoms in total. The number of halogens is 3. The van der Waals surface area contributed by atoms with Gasteiger partial charge in [-0.3, -0.25) is 9.59 Å². The zero-order valence-corrected chi connectivity index (χ0v) is 14.1. The van der Waals surface area contributed by atoms with Crippen molar-refractivity contribution in [2.45, 2.75) is 26.1 Å². The highest BCUT2D eigenvalue weighted by atomic mass is 19.4. The Morgan fingerprint density at radius 1 is 0.885 bits per heavy atom. The number of allylic oxidation sites excluding steroid dienone is 2. The van der Waals surface area contributed by atoms with Gasteiger partial charge in [-0.2, -0.15) is 13.2 Å². The average molecular weight is 359 g/mol. The van der Waals surface area contributed by atoms with Crippen LogP contribution in [0, 0.1) is 0 Å². The number of nitrogens with one attached hydrogen (secondary N) is 1. The third-order valence-corrected chi connectivity index (χ3v) is 4.03. The Hall–Kier alpha value is -2.89. The minimum absolute atomic E-state index is 0.0306. The molecule has 0 radical (unpaired) electrons. The fraction of sp³-hybridized carbons (Fsp3) is 0.200. The number of rotatable bonds is 3. The van der Waals surface area contributed by atoms with Crippen molar-refractivity contribution in [3.8, 4) is 0 Å². The van der Waals surface area contributed by atoms with Crippen LogP contribution in [0.5, 0.6) is 0 Å². The van der Waals surface area contributed by atoms with Gasteiger partial charge in [0.25, 0.3) is 0 Å². The van der Waals surface area contributed by atoms with E-state index in [0.717, 1.165) is 12.1 Å². The maximum atomic E-state index is 13.1. The summed E-state index contributed by atoms with van der Waals surface area (Å²) in [5, 5.41) is 2.94. The van der Waals surface area contributed by atoms with E-state index in [0.29, 0.717) is 0 Å². The van der Waals surface area contributed by atoms with Gasteiger partial charge in [0.2, 0.25) is 5.78 Å². The van der Waals surface area contributed by atoms with Gasteiger partial charge in [0, 0.05) is 17.2 Å². The average Bonchev–Trinajstić information content (AvgIpc) is 2.59. The molecule has 0 fully saturated rings. The van der Waals surface area contributed by atoms with Crippen molar-refractivity contribution in [1.29, 1.82) is 0 Å². The van der Waals surface area contributed by atoms with E-state index in [2.05, 4.69) is 5.32 Å². The van der Waals surface area contributed by atoms with Crippen molar-refractivity contribution in [3.63, 3.8) is 0 Å².